The van der Waals surface area contributed by atoms with Crippen LogP contribution in [0.1, 0.15) is 16.8 Å². The average molecular weight is 292 g/mol. The van der Waals surface area contributed by atoms with E-state index in [2.05, 4.69) is 9.97 Å². The van der Waals surface area contributed by atoms with Gasteiger partial charge in [-0.15, -0.1) is 0 Å². The summed E-state index contributed by atoms with van der Waals surface area (Å²) in [6, 6.07) is 1.28. The van der Waals surface area contributed by atoms with E-state index < -0.39 is 11.6 Å². The molecule has 6 heteroatoms. The molecule has 2 aromatic heterocycles. The molecule has 3 N–H and O–H groups in total. The van der Waals surface area contributed by atoms with E-state index in [1.54, 1.807) is 6.07 Å². The Morgan fingerprint density at radius 2 is 2.35 bits per heavy atom. The summed E-state index contributed by atoms with van der Waals surface area (Å²) >= 11 is 5.88. The van der Waals surface area contributed by atoms with Gasteiger partial charge in [-0.2, -0.15) is 0 Å². The maximum absolute atomic E-state index is 13.8. The van der Waals surface area contributed by atoms with Crippen LogP contribution >= 0.6 is 11.6 Å². The van der Waals surface area contributed by atoms with Crippen molar-refractivity contribution < 1.29 is 9.18 Å². The first-order valence-corrected chi connectivity index (χ1v) is 6.45. The lowest BCUT2D eigenvalue weighted by molar-refractivity contribution is 0.103. The van der Waals surface area contributed by atoms with Gasteiger partial charge in [-0.25, -0.2) is 9.37 Å². The van der Waals surface area contributed by atoms with E-state index in [4.69, 9.17) is 17.3 Å². The fraction of sp³-hybridized carbons (Fsp3) is 0.143. The third-order valence-corrected chi connectivity index (χ3v) is 3.40. The normalized spacial score (nSPS) is 18.9. The maximum atomic E-state index is 13.8. The number of nitrogens with two attached hydrogens (primary N) is 1. The number of Topliss-reactive ketones (excluding diaryl/α,β-unsaturated/α-hetero) is 1. The van der Waals surface area contributed by atoms with Crippen molar-refractivity contribution in [2.75, 3.05) is 0 Å². The van der Waals surface area contributed by atoms with Gasteiger partial charge in [0.25, 0.3) is 0 Å². The fourth-order valence-electron chi connectivity index (χ4n) is 2.21. The van der Waals surface area contributed by atoms with Crippen molar-refractivity contribution in [1.29, 1.82) is 0 Å². The molecule has 4 nitrogen and oxygen atoms in total. The van der Waals surface area contributed by atoms with E-state index in [0.717, 1.165) is 0 Å². The molecule has 0 bridgehead atoms. The predicted octanol–water partition coefficient (Wildman–Crippen LogP) is 2.91. The lowest BCUT2D eigenvalue weighted by Gasteiger charge is -2.13. The quantitative estimate of drug-likeness (QED) is 0.836. The molecule has 0 saturated heterocycles. The standard InChI is InChI=1S/C14H11ClFN3O/c15-7-3-9-11(6-19-14(9)18-5-7)13(20)10-4-8(17)1-2-12(10)16/h2-6,8H,1,17H2,(H,18,19). The third kappa shape index (κ3) is 2.15. The van der Waals surface area contributed by atoms with Gasteiger partial charge >= 0.3 is 0 Å². The van der Waals surface area contributed by atoms with Crippen LogP contribution in [0.5, 0.6) is 0 Å². The smallest absolute Gasteiger partial charge is 0.197 e. The van der Waals surface area contributed by atoms with Crippen LogP contribution in [-0.4, -0.2) is 21.8 Å². The van der Waals surface area contributed by atoms with Crippen molar-refractivity contribution in [2.24, 2.45) is 5.73 Å². The number of H-pyrrole nitrogens is 1. The van der Waals surface area contributed by atoms with Crippen LogP contribution in [0.25, 0.3) is 11.0 Å². The number of fused-ring (bicyclic) bond motifs is 1. The highest BCUT2D eigenvalue weighted by Gasteiger charge is 2.23. The van der Waals surface area contributed by atoms with Crippen molar-refractivity contribution in [3.05, 3.63) is 52.6 Å². The van der Waals surface area contributed by atoms with Crippen LogP contribution in [0.2, 0.25) is 5.02 Å². The van der Waals surface area contributed by atoms with Crippen molar-refractivity contribution in [3.8, 4) is 0 Å². The summed E-state index contributed by atoms with van der Waals surface area (Å²) < 4.78 is 13.8. The summed E-state index contributed by atoms with van der Waals surface area (Å²) in [7, 11) is 0. The SMILES string of the molecule is NC1C=C(C(=O)c2c[nH]c3ncc(Cl)cc23)C(F)=CC1. The molecule has 3 rings (SSSR count). The minimum absolute atomic E-state index is 0.00961. The average Bonchev–Trinajstić information content (AvgIpc) is 2.83. The predicted molar refractivity (Wildman–Crippen MR) is 75.3 cm³/mol. The summed E-state index contributed by atoms with van der Waals surface area (Å²) in [6.45, 7) is 0. The molecule has 2 aromatic rings. The molecule has 0 aliphatic heterocycles. The second-order valence-electron chi connectivity index (χ2n) is 4.61. The zero-order valence-electron chi connectivity index (χ0n) is 10.4. The number of nitrogens with zero attached hydrogens (tertiary/aromatic N) is 1. The van der Waals surface area contributed by atoms with Gasteiger partial charge in [0.15, 0.2) is 5.78 Å². The number of allylic oxidation sites excluding steroid dienone is 2. The molecule has 1 atom stereocenters. The Labute approximate surface area is 119 Å². The molecular formula is C14H11ClFN3O. The number of halogens is 2. The Balaban J connectivity index is 2.09. The molecular weight excluding hydrogens is 281 g/mol. The van der Waals surface area contributed by atoms with Crippen LogP contribution in [0, 0.1) is 0 Å². The van der Waals surface area contributed by atoms with Gasteiger partial charge in [-0.1, -0.05) is 17.7 Å². The van der Waals surface area contributed by atoms with Gasteiger partial charge in [0.05, 0.1) is 10.6 Å². The minimum Gasteiger partial charge on any atom is -0.345 e. The Bertz CT molecular complexity index is 763. The Morgan fingerprint density at radius 3 is 3.15 bits per heavy atom. The molecule has 2 heterocycles. The van der Waals surface area contributed by atoms with Crippen molar-refractivity contribution in [1.82, 2.24) is 9.97 Å². The molecule has 0 spiro atoms. The summed E-state index contributed by atoms with van der Waals surface area (Å²) in [5.41, 5.74) is 6.59. The highest BCUT2D eigenvalue weighted by molar-refractivity contribution is 6.31. The van der Waals surface area contributed by atoms with Crippen molar-refractivity contribution >= 4 is 28.4 Å². The van der Waals surface area contributed by atoms with E-state index in [0.29, 0.717) is 28.0 Å². The Morgan fingerprint density at radius 1 is 1.55 bits per heavy atom. The number of hydrogen-bond donors (Lipinski definition) is 2. The summed E-state index contributed by atoms with van der Waals surface area (Å²) in [4.78, 5) is 19.4. The minimum atomic E-state index is -0.541. The first kappa shape index (κ1) is 13.0. The van der Waals surface area contributed by atoms with Gasteiger partial charge < -0.3 is 10.7 Å². The number of carbonyl (C=O) groups excluding carboxylic acids is 1. The van der Waals surface area contributed by atoms with E-state index in [-0.39, 0.29) is 11.6 Å². The van der Waals surface area contributed by atoms with E-state index in [9.17, 15) is 9.18 Å². The van der Waals surface area contributed by atoms with Crippen LogP contribution in [-0.2, 0) is 0 Å². The number of aromatic amines is 1. The highest BCUT2D eigenvalue weighted by Crippen LogP contribution is 2.27. The van der Waals surface area contributed by atoms with Gasteiger partial charge in [-0.3, -0.25) is 4.79 Å². The van der Waals surface area contributed by atoms with Crippen LogP contribution in [0.15, 0.2) is 42.0 Å². The zero-order valence-corrected chi connectivity index (χ0v) is 11.1. The Hall–Kier alpha value is -1.98. The molecule has 1 aliphatic carbocycles. The summed E-state index contributed by atoms with van der Waals surface area (Å²) in [5.74, 6) is -0.967. The number of pyridine rings is 1. The second kappa shape index (κ2) is 4.85. The van der Waals surface area contributed by atoms with E-state index >= 15 is 0 Å². The highest BCUT2D eigenvalue weighted by atomic mass is 35.5. The summed E-state index contributed by atoms with van der Waals surface area (Å²) in [5, 5.41) is 0.979. The molecule has 20 heavy (non-hydrogen) atoms. The summed E-state index contributed by atoms with van der Waals surface area (Å²) in [6.07, 6.45) is 6.16. The number of aromatic nitrogens is 2. The van der Waals surface area contributed by atoms with E-state index in [1.165, 1.54) is 24.5 Å². The van der Waals surface area contributed by atoms with Gasteiger partial charge in [-0.05, 0) is 18.6 Å². The number of nitrogens with one attached hydrogen (secondary N) is 1. The third-order valence-electron chi connectivity index (χ3n) is 3.19. The Kier molecular flexibility index (Phi) is 3.16. The number of hydrogen-bond acceptors (Lipinski definition) is 3. The molecule has 0 fully saturated rings. The first-order valence-electron chi connectivity index (χ1n) is 6.07. The lowest BCUT2D eigenvalue weighted by Crippen LogP contribution is -2.21. The molecule has 0 amide bonds. The molecule has 0 saturated carbocycles. The first-order chi connectivity index (χ1) is 9.56. The molecule has 102 valence electrons. The van der Waals surface area contributed by atoms with E-state index in [1.807, 2.05) is 0 Å². The van der Waals surface area contributed by atoms with Crippen molar-refractivity contribution in [3.63, 3.8) is 0 Å². The van der Waals surface area contributed by atoms with Crippen LogP contribution in [0.4, 0.5) is 4.39 Å². The topological polar surface area (TPSA) is 71.8 Å². The largest absolute Gasteiger partial charge is 0.345 e. The zero-order chi connectivity index (χ0) is 14.3. The lowest BCUT2D eigenvalue weighted by atomic mass is 9.95. The molecule has 1 aliphatic rings. The maximum Gasteiger partial charge on any atom is 0.197 e. The molecule has 0 aromatic carbocycles. The van der Waals surface area contributed by atoms with Gasteiger partial charge in [0.2, 0.25) is 0 Å². The number of ketones is 1. The van der Waals surface area contributed by atoms with Gasteiger partial charge in [0, 0.05) is 29.4 Å². The second-order valence-corrected chi connectivity index (χ2v) is 5.05. The van der Waals surface area contributed by atoms with Crippen LogP contribution < -0.4 is 5.73 Å². The molecule has 1 unspecified atom stereocenters. The number of carbonyl (C=O) groups is 1. The van der Waals surface area contributed by atoms with Gasteiger partial charge in [0.1, 0.15) is 11.5 Å². The van der Waals surface area contributed by atoms with Crippen LogP contribution in [0.3, 0.4) is 0 Å². The monoisotopic (exact) mass is 291 g/mol. The molecule has 0 radical (unpaired) electrons. The van der Waals surface area contributed by atoms with Crippen molar-refractivity contribution in [2.45, 2.75) is 12.5 Å². The fourth-order valence-corrected chi connectivity index (χ4v) is 2.36. The number of rotatable bonds is 2.